The minimum Gasteiger partial charge on any atom is -0.497 e. The van der Waals surface area contributed by atoms with Crippen LogP contribution in [0.1, 0.15) is 27.9 Å². The number of anilines is 3. The highest BCUT2D eigenvalue weighted by molar-refractivity contribution is 8.93. The van der Waals surface area contributed by atoms with Crippen molar-refractivity contribution < 1.29 is 14.3 Å². The number of ether oxygens (including phenoxy) is 1. The van der Waals surface area contributed by atoms with Crippen LogP contribution < -0.4 is 15.4 Å². The number of aromatic nitrogens is 1. The van der Waals surface area contributed by atoms with Gasteiger partial charge in [0, 0.05) is 23.9 Å². The molecule has 2 aromatic carbocycles. The number of nitrogens with one attached hydrogen (secondary N) is 2. The van der Waals surface area contributed by atoms with Gasteiger partial charge in [-0.25, -0.2) is 4.98 Å². The highest BCUT2D eigenvalue weighted by Gasteiger charge is 2.17. The molecule has 28 heavy (non-hydrogen) atoms. The number of thiazole rings is 1. The molecule has 1 amide bonds. The van der Waals surface area contributed by atoms with Gasteiger partial charge in [0.15, 0.2) is 5.13 Å². The summed E-state index contributed by atoms with van der Waals surface area (Å²) >= 11 is 1.31. The predicted octanol–water partition coefficient (Wildman–Crippen LogP) is 4.97. The summed E-state index contributed by atoms with van der Waals surface area (Å²) in [6, 6.07) is 14.3. The van der Waals surface area contributed by atoms with E-state index in [0.717, 1.165) is 11.4 Å². The Labute approximate surface area is 177 Å². The standard InChI is InChI=1S/C20H19N3O3S.BrH/c1-12-19(18(25)14-4-10-17(26-3)11-5-14)27-20(21-12)23-16-8-6-15(7-9-16)22-13(2)24;/h4-11H,1-3H3,(H,21,23)(H,22,24);1H. The smallest absolute Gasteiger partial charge is 0.221 e. The van der Waals surface area contributed by atoms with Gasteiger partial charge in [0.05, 0.1) is 17.7 Å². The summed E-state index contributed by atoms with van der Waals surface area (Å²) in [6.07, 6.45) is 0. The van der Waals surface area contributed by atoms with Crippen molar-refractivity contribution in [1.29, 1.82) is 0 Å². The summed E-state index contributed by atoms with van der Waals surface area (Å²) < 4.78 is 5.12. The molecule has 3 aromatic rings. The first-order chi connectivity index (χ1) is 13.0. The Morgan fingerprint density at radius 3 is 2.18 bits per heavy atom. The molecule has 0 saturated heterocycles. The molecule has 0 aliphatic carbocycles. The molecule has 0 saturated carbocycles. The average molecular weight is 462 g/mol. The van der Waals surface area contributed by atoms with Crippen LogP contribution in [0.3, 0.4) is 0 Å². The number of nitrogens with zero attached hydrogens (tertiary/aromatic N) is 1. The zero-order chi connectivity index (χ0) is 19.4. The number of hydrogen-bond acceptors (Lipinski definition) is 6. The summed E-state index contributed by atoms with van der Waals surface area (Å²) in [5.74, 6) is 0.521. The Bertz CT molecular complexity index is 969. The number of methoxy groups -OCH3 is 1. The number of halogens is 1. The fourth-order valence-corrected chi connectivity index (χ4v) is 3.45. The molecule has 1 heterocycles. The van der Waals surface area contributed by atoms with Crippen LogP contribution in [0.2, 0.25) is 0 Å². The highest BCUT2D eigenvalue weighted by Crippen LogP contribution is 2.28. The molecular weight excluding hydrogens is 442 g/mol. The lowest BCUT2D eigenvalue weighted by Gasteiger charge is -2.05. The van der Waals surface area contributed by atoms with Crippen molar-refractivity contribution in [1.82, 2.24) is 4.98 Å². The van der Waals surface area contributed by atoms with Crippen molar-refractivity contribution in [2.45, 2.75) is 13.8 Å². The number of rotatable bonds is 6. The van der Waals surface area contributed by atoms with Crippen LogP contribution in [0.25, 0.3) is 0 Å². The van der Waals surface area contributed by atoms with Crippen LogP contribution in [0, 0.1) is 6.92 Å². The highest BCUT2D eigenvalue weighted by atomic mass is 79.9. The Kier molecular flexibility index (Phi) is 7.31. The Hall–Kier alpha value is -2.71. The minimum absolute atomic E-state index is 0. The fourth-order valence-electron chi connectivity index (χ4n) is 2.50. The van der Waals surface area contributed by atoms with E-state index in [1.54, 1.807) is 43.5 Å². The second-order valence-corrected chi connectivity index (χ2v) is 6.87. The number of benzene rings is 2. The molecule has 146 valence electrons. The monoisotopic (exact) mass is 461 g/mol. The zero-order valence-electron chi connectivity index (χ0n) is 15.6. The van der Waals surface area contributed by atoms with Crippen molar-refractivity contribution in [2.75, 3.05) is 17.7 Å². The van der Waals surface area contributed by atoms with Gasteiger partial charge < -0.3 is 15.4 Å². The molecule has 0 aliphatic heterocycles. The number of aryl methyl sites for hydroxylation is 1. The first-order valence-electron chi connectivity index (χ1n) is 8.27. The molecule has 0 spiro atoms. The minimum atomic E-state index is -0.118. The second kappa shape index (κ2) is 9.48. The lowest BCUT2D eigenvalue weighted by atomic mass is 10.1. The topological polar surface area (TPSA) is 80.3 Å². The van der Waals surface area contributed by atoms with Crippen LogP contribution >= 0.6 is 28.3 Å². The first-order valence-corrected chi connectivity index (χ1v) is 9.09. The maximum absolute atomic E-state index is 12.7. The summed E-state index contributed by atoms with van der Waals surface area (Å²) in [6.45, 7) is 3.28. The van der Waals surface area contributed by atoms with Crippen LogP contribution in [-0.4, -0.2) is 23.8 Å². The third-order valence-corrected chi connectivity index (χ3v) is 4.88. The van der Waals surface area contributed by atoms with Gasteiger partial charge in [-0.15, -0.1) is 17.0 Å². The van der Waals surface area contributed by atoms with Crippen molar-refractivity contribution in [3.05, 3.63) is 64.7 Å². The lowest BCUT2D eigenvalue weighted by molar-refractivity contribution is -0.114. The molecule has 0 atom stereocenters. The molecule has 6 nitrogen and oxygen atoms in total. The molecule has 0 radical (unpaired) electrons. The largest absolute Gasteiger partial charge is 0.497 e. The SMILES string of the molecule is Br.COc1ccc(C(=O)c2sc(Nc3ccc(NC(C)=O)cc3)nc2C)cc1. The molecule has 1 aromatic heterocycles. The third-order valence-electron chi connectivity index (χ3n) is 3.81. The van der Waals surface area contributed by atoms with E-state index in [2.05, 4.69) is 15.6 Å². The maximum Gasteiger partial charge on any atom is 0.221 e. The van der Waals surface area contributed by atoms with E-state index in [-0.39, 0.29) is 28.7 Å². The molecule has 3 rings (SSSR count). The lowest BCUT2D eigenvalue weighted by Crippen LogP contribution is -2.05. The van der Waals surface area contributed by atoms with Crippen LogP contribution in [0.15, 0.2) is 48.5 Å². The van der Waals surface area contributed by atoms with E-state index in [4.69, 9.17) is 4.74 Å². The van der Waals surface area contributed by atoms with E-state index in [1.807, 2.05) is 19.1 Å². The normalized spacial score (nSPS) is 9.96. The molecule has 2 N–H and O–H groups in total. The molecule has 0 aliphatic rings. The van der Waals surface area contributed by atoms with Crippen LogP contribution in [0.4, 0.5) is 16.5 Å². The van der Waals surface area contributed by atoms with E-state index in [0.29, 0.717) is 27.0 Å². The Morgan fingerprint density at radius 1 is 1.00 bits per heavy atom. The van der Waals surface area contributed by atoms with Gasteiger partial charge in [-0.2, -0.15) is 0 Å². The summed E-state index contributed by atoms with van der Waals surface area (Å²) in [7, 11) is 1.59. The van der Waals surface area contributed by atoms with Crippen LogP contribution in [-0.2, 0) is 4.79 Å². The molecule has 0 unspecified atom stereocenters. The molecular formula is C20H20BrN3O3S. The van der Waals surface area contributed by atoms with Gasteiger partial charge in [-0.05, 0) is 55.5 Å². The van der Waals surface area contributed by atoms with Gasteiger partial charge in [0.1, 0.15) is 5.75 Å². The van der Waals surface area contributed by atoms with Crippen molar-refractivity contribution >= 4 is 56.5 Å². The molecule has 0 bridgehead atoms. The third kappa shape index (κ3) is 5.17. The number of ketones is 1. The number of hydrogen-bond donors (Lipinski definition) is 2. The van der Waals surface area contributed by atoms with E-state index in [1.165, 1.54) is 18.3 Å². The van der Waals surface area contributed by atoms with Crippen molar-refractivity contribution in [3.63, 3.8) is 0 Å². The van der Waals surface area contributed by atoms with Gasteiger partial charge in [-0.3, -0.25) is 9.59 Å². The van der Waals surface area contributed by atoms with Gasteiger partial charge in [0.2, 0.25) is 11.7 Å². The Morgan fingerprint density at radius 2 is 1.61 bits per heavy atom. The zero-order valence-corrected chi connectivity index (χ0v) is 18.1. The van der Waals surface area contributed by atoms with E-state index in [9.17, 15) is 9.59 Å². The van der Waals surface area contributed by atoms with E-state index >= 15 is 0 Å². The molecule has 0 fully saturated rings. The maximum atomic E-state index is 12.7. The van der Waals surface area contributed by atoms with Gasteiger partial charge >= 0.3 is 0 Å². The molecule has 8 heteroatoms. The fraction of sp³-hybridized carbons (Fsp3) is 0.150. The second-order valence-electron chi connectivity index (χ2n) is 5.87. The predicted molar refractivity (Wildman–Crippen MR) is 118 cm³/mol. The van der Waals surface area contributed by atoms with E-state index < -0.39 is 0 Å². The summed E-state index contributed by atoms with van der Waals surface area (Å²) in [5, 5.41) is 6.55. The summed E-state index contributed by atoms with van der Waals surface area (Å²) in [5.41, 5.74) is 2.81. The van der Waals surface area contributed by atoms with Crippen molar-refractivity contribution in [3.8, 4) is 5.75 Å². The summed E-state index contributed by atoms with van der Waals surface area (Å²) in [4.78, 5) is 28.9. The first kappa shape index (κ1) is 21.6. The van der Waals surface area contributed by atoms with Crippen LogP contribution in [0.5, 0.6) is 5.75 Å². The number of carbonyl (C=O) groups is 2. The van der Waals surface area contributed by atoms with Crippen molar-refractivity contribution in [2.24, 2.45) is 0 Å². The van der Waals surface area contributed by atoms with Gasteiger partial charge in [0.25, 0.3) is 0 Å². The Balaban J connectivity index is 0.00000280. The average Bonchev–Trinajstić information content (AvgIpc) is 3.02. The van der Waals surface area contributed by atoms with Gasteiger partial charge in [-0.1, -0.05) is 11.3 Å². The number of amides is 1. The number of carbonyl (C=O) groups excluding carboxylic acids is 2. The quantitative estimate of drug-likeness (QED) is 0.506.